The van der Waals surface area contributed by atoms with Gasteiger partial charge in [0.1, 0.15) is 12.4 Å². The van der Waals surface area contributed by atoms with Gasteiger partial charge in [0.25, 0.3) is 10.0 Å². The number of rotatable bonds is 12. The minimum absolute atomic E-state index is 0.0662. The van der Waals surface area contributed by atoms with Crippen LogP contribution in [0, 0.1) is 5.82 Å². The molecule has 14 heteroatoms. The predicted octanol–water partition coefficient (Wildman–Crippen LogP) is 3.41. The summed E-state index contributed by atoms with van der Waals surface area (Å²) in [5.41, 5.74) is 1.94. The Hall–Kier alpha value is -3.85. The second-order valence-electron chi connectivity index (χ2n) is 11.7. The normalized spacial score (nSPS) is 16.3. The van der Waals surface area contributed by atoms with Gasteiger partial charge < -0.3 is 19.1 Å². The summed E-state index contributed by atoms with van der Waals surface area (Å²) in [6, 6.07) is 9.90. The Morgan fingerprint density at radius 2 is 1.79 bits per heavy atom. The molecule has 5 rings (SSSR count). The van der Waals surface area contributed by atoms with E-state index in [-0.39, 0.29) is 34.3 Å². The Bertz CT molecular complexity index is 1640. The number of esters is 1. The molecule has 0 spiro atoms. The number of morpholine rings is 1. The Kier molecular flexibility index (Phi) is 11.3. The number of benzene rings is 1. The van der Waals surface area contributed by atoms with Crippen LogP contribution in [0.4, 0.5) is 15.8 Å². The van der Waals surface area contributed by atoms with E-state index < -0.39 is 28.4 Å². The summed E-state index contributed by atoms with van der Waals surface area (Å²) in [6.07, 6.45) is 2.93. The van der Waals surface area contributed by atoms with Crippen molar-refractivity contribution in [3.63, 3.8) is 0 Å². The fourth-order valence-corrected chi connectivity index (χ4v) is 7.32. The van der Waals surface area contributed by atoms with Gasteiger partial charge in [-0.3, -0.25) is 23.9 Å². The van der Waals surface area contributed by atoms with Crippen molar-refractivity contribution < 1.29 is 31.8 Å². The number of hydrogen-bond donors (Lipinski definition) is 0. The number of halogens is 1. The number of anilines is 2. The molecule has 0 saturated carbocycles. The fourth-order valence-electron chi connectivity index (χ4n) is 5.79. The number of nitrogens with zero attached hydrogens (tertiary/aromatic N) is 6. The zero-order valence-electron chi connectivity index (χ0n) is 27.4. The van der Waals surface area contributed by atoms with E-state index in [1.165, 1.54) is 37.6 Å². The standard InChI is InChI=1S/C33H43FN6O6S/c1-5-46-32(41)23-40(47(42,43)31-20-27(21-36-33(31)44-4)39-14-16-45-17-15-39)26-8-9-35-30(19-26)28-7-6-25(18-29(28)34)22-37-10-12-38(13-11-37)24(2)3/h6-9,18-21,24H,5,10-17,22-23H2,1-4H3. The summed E-state index contributed by atoms with van der Waals surface area (Å²) in [5.74, 6) is -1.36. The molecule has 2 aliphatic rings. The van der Waals surface area contributed by atoms with Gasteiger partial charge in [-0.1, -0.05) is 6.07 Å². The molecule has 254 valence electrons. The van der Waals surface area contributed by atoms with Gasteiger partial charge in [0, 0.05) is 63.6 Å². The van der Waals surface area contributed by atoms with Crippen LogP contribution in [0.5, 0.6) is 5.88 Å². The summed E-state index contributed by atoms with van der Waals surface area (Å²) in [4.78, 5) is 27.9. The van der Waals surface area contributed by atoms with Crippen LogP contribution in [0.3, 0.4) is 0 Å². The van der Waals surface area contributed by atoms with Crippen molar-refractivity contribution in [2.24, 2.45) is 0 Å². The molecule has 2 aromatic heterocycles. The lowest BCUT2D eigenvalue weighted by atomic mass is 10.1. The van der Waals surface area contributed by atoms with Crippen LogP contribution in [0.2, 0.25) is 0 Å². The van der Waals surface area contributed by atoms with Gasteiger partial charge in [-0.25, -0.2) is 17.8 Å². The third-order valence-corrected chi connectivity index (χ3v) is 10.2. The van der Waals surface area contributed by atoms with Crippen molar-refractivity contribution in [1.29, 1.82) is 0 Å². The first-order valence-electron chi connectivity index (χ1n) is 15.9. The van der Waals surface area contributed by atoms with E-state index in [1.54, 1.807) is 19.2 Å². The van der Waals surface area contributed by atoms with Gasteiger partial charge in [0.05, 0.1) is 50.2 Å². The highest BCUT2D eigenvalue weighted by atomic mass is 32.2. The van der Waals surface area contributed by atoms with Crippen molar-refractivity contribution >= 4 is 27.4 Å². The number of aromatic nitrogens is 2. The molecule has 2 saturated heterocycles. The zero-order valence-corrected chi connectivity index (χ0v) is 28.2. The summed E-state index contributed by atoms with van der Waals surface area (Å²) in [7, 11) is -3.13. The highest BCUT2D eigenvalue weighted by Crippen LogP contribution is 2.34. The Labute approximate surface area is 276 Å². The molecular formula is C33H43FN6O6S. The number of ether oxygens (including phenoxy) is 3. The van der Waals surface area contributed by atoms with Crippen LogP contribution in [0.25, 0.3) is 11.3 Å². The molecule has 0 atom stereocenters. The van der Waals surface area contributed by atoms with Crippen LogP contribution in [-0.4, -0.2) is 113 Å². The lowest BCUT2D eigenvalue weighted by molar-refractivity contribution is -0.141. The molecule has 4 heterocycles. The number of methoxy groups -OCH3 is 1. The molecule has 2 fully saturated rings. The largest absolute Gasteiger partial charge is 0.480 e. The van der Waals surface area contributed by atoms with Gasteiger partial charge in [0.15, 0.2) is 4.90 Å². The van der Waals surface area contributed by atoms with E-state index in [9.17, 15) is 13.2 Å². The van der Waals surface area contributed by atoms with E-state index in [1.807, 2.05) is 11.0 Å². The summed E-state index contributed by atoms with van der Waals surface area (Å²) >= 11 is 0. The third kappa shape index (κ3) is 8.18. The molecule has 2 aliphatic heterocycles. The van der Waals surface area contributed by atoms with E-state index in [0.717, 1.165) is 36.0 Å². The van der Waals surface area contributed by atoms with Crippen molar-refractivity contribution in [2.75, 3.05) is 81.9 Å². The van der Waals surface area contributed by atoms with E-state index >= 15 is 4.39 Å². The number of hydrogen-bond acceptors (Lipinski definition) is 11. The Balaban J connectivity index is 1.45. The van der Waals surface area contributed by atoms with Crippen LogP contribution in [0.15, 0.2) is 53.7 Å². The number of piperazine rings is 1. The number of pyridine rings is 2. The minimum Gasteiger partial charge on any atom is -0.480 e. The minimum atomic E-state index is -4.46. The first-order valence-corrected chi connectivity index (χ1v) is 17.3. The molecular weight excluding hydrogens is 627 g/mol. The molecule has 0 aliphatic carbocycles. The zero-order chi connectivity index (χ0) is 33.6. The molecule has 47 heavy (non-hydrogen) atoms. The summed E-state index contributed by atoms with van der Waals surface area (Å²) < 4.78 is 61.1. The van der Waals surface area contributed by atoms with E-state index in [4.69, 9.17) is 14.2 Å². The van der Waals surface area contributed by atoms with Crippen LogP contribution in [-0.2, 0) is 30.8 Å². The van der Waals surface area contributed by atoms with E-state index in [2.05, 4.69) is 33.6 Å². The summed E-state index contributed by atoms with van der Waals surface area (Å²) in [6.45, 7) is 12.0. The smallest absolute Gasteiger partial charge is 0.326 e. The molecule has 0 radical (unpaired) electrons. The number of carbonyl (C=O) groups excluding carboxylic acids is 1. The average molecular weight is 671 g/mol. The molecule has 0 unspecified atom stereocenters. The Morgan fingerprint density at radius 3 is 2.45 bits per heavy atom. The van der Waals surface area contributed by atoms with Gasteiger partial charge in [-0.2, -0.15) is 0 Å². The van der Waals surface area contributed by atoms with Gasteiger partial charge in [-0.15, -0.1) is 0 Å². The van der Waals surface area contributed by atoms with Crippen molar-refractivity contribution in [1.82, 2.24) is 19.8 Å². The maximum Gasteiger partial charge on any atom is 0.326 e. The first-order chi connectivity index (χ1) is 22.6. The molecule has 12 nitrogen and oxygen atoms in total. The molecule has 0 N–H and O–H groups in total. The van der Waals surface area contributed by atoms with E-state index in [0.29, 0.717) is 44.6 Å². The summed E-state index contributed by atoms with van der Waals surface area (Å²) in [5, 5.41) is 0. The second-order valence-corrected chi connectivity index (χ2v) is 13.6. The lowest BCUT2D eigenvalue weighted by Gasteiger charge is -2.36. The highest BCUT2D eigenvalue weighted by molar-refractivity contribution is 7.93. The third-order valence-electron chi connectivity index (χ3n) is 8.40. The first kappa shape index (κ1) is 34.5. The van der Waals surface area contributed by atoms with Crippen LogP contribution >= 0.6 is 0 Å². The van der Waals surface area contributed by atoms with Crippen molar-refractivity contribution in [2.45, 2.75) is 38.3 Å². The number of sulfonamides is 1. The SMILES string of the molecule is CCOC(=O)CN(c1ccnc(-c2ccc(CN3CCN(C(C)C)CC3)cc2F)c1)S(=O)(=O)c1cc(N2CCOCC2)cnc1OC. The maximum absolute atomic E-state index is 15.6. The Morgan fingerprint density at radius 1 is 1.04 bits per heavy atom. The monoisotopic (exact) mass is 670 g/mol. The number of carbonyl (C=O) groups is 1. The van der Waals surface area contributed by atoms with Crippen molar-refractivity contribution in [3.05, 3.63) is 60.2 Å². The molecule has 1 aromatic carbocycles. The average Bonchev–Trinajstić information content (AvgIpc) is 3.07. The maximum atomic E-state index is 15.6. The van der Waals surface area contributed by atoms with Crippen LogP contribution < -0.4 is 13.9 Å². The highest BCUT2D eigenvalue weighted by Gasteiger charge is 2.33. The molecule has 0 bridgehead atoms. The van der Waals surface area contributed by atoms with Gasteiger partial charge in [0.2, 0.25) is 5.88 Å². The second kappa shape index (κ2) is 15.4. The van der Waals surface area contributed by atoms with Gasteiger partial charge in [-0.05, 0) is 56.7 Å². The topological polar surface area (TPSA) is 118 Å². The van der Waals surface area contributed by atoms with Crippen LogP contribution in [0.1, 0.15) is 26.3 Å². The van der Waals surface area contributed by atoms with Crippen molar-refractivity contribution in [3.8, 4) is 17.1 Å². The predicted molar refractivity (Wildman–Crippen MR) is 177 cm³/mol. The lowest BCUT2D eigenvalue weighted by Crippen LogP contribution is -2.48. The molecule has 3 aromatic rings. The quantitative estimate of drug-likeness (QED) is 0.264. The molecule has 0 amide bonds. The van der Waals surface area contributed by atoms with Gasteiger partial charge >= 0.3 is 5.97 Å². The fraction of sp³-hybridized carbons (Fsp3) is 0.485.